The summed E-state index contributed by atoms with van der Waals surface area (Å²) < 4.78 is 11.4. The molecule has 2 N–H and O–H groups in total. The number of rotatable bonds is 8. The Morgan fingerprint density at radius 1 is 0.829 bits per heavy atom. The van der Waals surface area contributed by atoms with Gasteiger partial charge in [0.1, 0.15) is 16.8 Å². The first kappa shape index (κ1) is 27.7. The lowest BCUT2D eigenvalue weighted by Crippen LogP contribution is -2.44. The van der Waals surface area contributed by atoms with Crippen LogP contribution in [0.5, 0.6) is 0 Å². The summed E-state index contributed by atoms with van der Waals surface area (Å²) in [7, 11) is 0. The summed E-state index contributed by atoms with van der Waals surface area (Å²) in [5.74, 6) is -1.25. The fraction of sp³-hybridized carbons (Fsp3) is 0.212. The highest BCUT2D eigenvalue weighted by atomic mass is 16.8. The second kappa shape index (κ2) is 11.3. The van der Waals surface area contributed by atoms with Gasteiger partial charge in [-0.2, -0.15) is 5.06 Å². The molecule has 0 spiro atoms. The topological polar surface area (TPSA) is 109 Å². The summed E-state index contributed by atoms with van der Waals surface area (Å²) in [4.78, 5) is 29.7. The van der Waals surface area contributed by atoms with E-state index in [9.17, 15) is 19.8 Å². The van der Waals surface area contributed by atoms with Crippen LogP contribution in [-0.2, 0) is 14.4 Å². The third-order valence-electron chi connectivity index (χ3n) is 6.59. The number of carboxylic acids is 1. The number of aliphatic carboxylic acids is 1. The number of benzene rings is 4. The van der Waals surface area contributed by atoms with Crippen molar-refractivity contribution in [3.63, 3.8) is 0 Å². The van der Waals surface area contributed by atoms with Crippen molar-refractivity contribution in [1.82, 2.24) is 0 Å². The van der Waals surface area contributed by atoms with E-state index in [0.717, 1.165) is 49.3 Å². The SMILES string of the molecule is CC(C)(C)OC(=O)ON(c1ccc(-c2ccc(-c3cccc4c3oc3ccccc34)cc2)cc1)[C@@H](CCO)C(=O)O. The van der Waals surface area contributed by atoms with Crippen LogP contribution in [0.2, 0.25) is 0 Å². The number of carboxylic acid groups (broad SMARTS) is 1. The average molecular weight is 554 g/mol. The number of anilines is 1. The number of carbonyl (C=O) groups excluding carboxylic acids is 1. The lowest BCUT2D eigenvalue weighted by molar-refractivity contribution is -0.141. The summed E-state index contributed by atoms with van der Waals surface area (Å²) >= 11 is 0. The zero-order valence-electron chi connectivity index (χ0n) is 23.0. The van der Waals surface area contributed by atoms with Gasteiger partial charge in [-0.25, -0.2) is 9.59 Å². The van der Waals surface area contributed by atoms with Crippen molar-refractivity contribution in [1.29, 1.82) is 0 Å². The number of furan rings is 1. The molecule has 41 heavy (non-hydrogen) atoms. The Bertz CT molecular complexity index is 1680. The highest BCUT2D eigenvalue weighted by molar-refractivity contribution is 6.09. The molecule has 8 nitrogen and oxygen atoms in total. The number of ether oxygens (including phenoxy) is 1. The van der Waals surface area contributed by atoms with Gasteiger partial charge in [-0.3, -0.25) is 0 Å². The second-order valence-electron chi connectivity index (χ2n) is 10.7. The average Bonchev–Trinajstić information content (AvgIpc) is 3.33. The van der Waals surface area contributed by atoms with Gasteiger partial charge >= 0.3 is 12.1 Å². The third-order valence-corrected chi connectivity index (χ3v) is 6.59. The molecule has 1 atom stereocenters. The number of carbonyl (C=O) groups is 2. The predicted octanol–water partition coefficient (Wildman–Crippen LogP) is 7.43. The molecule has 8 heteroatoms. The van der Waals surface area contributed by atoms with Crippen molar-refractivity contribution in [3.05, 3.63) is 91.0 Å². The van der Waals surface area contributed by atoms with E-state index in [1.165, 1.54) is 0 Å². The van der Waals surface area contributed by atoms with E-state index >= 15 is 0 Å². The summed E-state index contributed by atoms with van der Waals surface area (Å²) in [6.07, 6.45) is -1.19. The molecular formula is C33H31NO7. The van der Waals surface area contributed by atoms with Crippen LogP contribution in [0.4, 0.5) is 10.5 Å². The van der Waals surface area contributed by atoms with Crippen LogP contribution >= 0.6 is 0 Å². The highest BCUT2D eigenvalue weighted by Crippen LogP contribution is 2.36. The molecular weight excluding hydrogens is 522 g/mol. The number of hydrogen-bond acceptors (Lipinski definition) is 7. The van der Waals surface area contributed by atoms with Crippen LogP contribution in [0.15, 0.2) is 95.4 Å². The minimum atomic E-state index is -1.31. The molecule has 0 bridgehead atoms. The summed E-state index contributed by atoms with van der Waals surface area (Å²) in [6, 6.07) is 27.8. The molecule has 0 radical (unpaired) electrons. The lowest BCUT2D eigenvalue weighted by Gasteiger charge is -2.29. The van der Waals surface area contributed by atoms with Crippen molar-refractivity contribution in [2.75, 3.05) is 11.7 Å². The number of hydrogen-bond donors (Lipinski definition) is 2. The molecule has 0 aliphatic carbocycles. The standard InChI is InChI=1S/C33H31NO7/c1-33(2,3)40-32(38)41-34(28(19-20-35)31(36)37)24-17-15-22(16-18-24)21-11-13-23(14-12-21)25-8-6-9-27-26-7-4-5-10-29(26)39-30(25)27/h4-18,28,35H,19-20H2,1-3H3,(H,36,37)/t28-/m0/s1. The van der Waals surface area contributed by atoms with E-state index in [4.69, 9.17) is 14.0 Å². The van der Waals surface area contributed by atoms with Crippen LogP contribution < -0.4 is 5.06 Å². The molecule has 4 aromatic carbocycles. The first-order chi connectivity index (χ1) is 19.6. The summed E-state index contributed by atoms with van der Waals surface area (Å²) in [6.45, 7) is 4.63. The van der Waals surface area contributed by atoms with Crippen LogP contribution in [0.25, 0.3) is 44.2 Å². The Labute approximate surface area is 237 Å². The van der Waals surface area contributed by atoms with Crippen LogP contribution in [0.1, 0.15) is 27.2 Å². The van der Waals surface area contributed by atoms with Crippen molar-refractivity contribution in [3.8, 4) is 22.3 Å². The van der Waals surface area contributed by atoms with Crippen LogP contribution in [0, 0.1) is 0 Å². The highest BCUT2D eigenvalue weighted by Gasteiger charge is 2.31. The molecule has 0 fully saturated rings. The number of hydroxylamine groups is 1. The van der Waals surface area contributed by atoms with Gasteiger partial charge in [0.05, 0.1) is 5.69 Å². The molecule has 0 amide bonds. The maximum atomic E-state index is 12.4. The molecule has 0 saturated carbocycles. The Morgan fingerprint density at radius 2 is 1.44 bits per heavy atom. The fourth-order valence-corrected chi connectivity index (χ4v) is 4.73. The van der Waals surface area contributed by atoms with E-state index in [1.54, 1.807) is 32.9 Å². The predicted molar refractivity (Wildman–Crippen MR) is 158 cm³/mol. The van der Waals surface area contributed by atoms with E-state index in [1.807, 2.05) is 66.7 Å². The van der Waals surface area contributed by atoms with Crippen molar-refractivity contribution >= 4 is 39.8 Å². The summed E-state index contributed by atoms with van der Waals surface area (Å²) in [5, 5.41) is 22.3. The van der Waals surface area contributed by atoms with Crippen molar-refractivity contribution in [2.45, 2.75) is 38.8 Å². The van der Waals surface area contributed by atoms with Gasteiger partial charge in [-0.15, -0.1) is 0 Å². The first-order valence-electron chi connectivity index (χ1n) is 13.3. The van der Waals surface area contributed by atoms with Gasteiger partial charge in [0.15, 0.2) is 6.04 Å². The van der Waals surface area contributed by atoms with E-state index in [-0.39, 0.29) is 6.42 Å². The normalized spacial score (nSPS) is 12.3. The third kappa shape index (κ3) is 6.02. The largest absolute Gasteiger partial charge is 0.533 e. The maximum Gasteiger partial charge on any atom is 0.533 e. The first-order valence-corrected chi connectivity index (χ1v) is 13.3. The van der Waals surface area contributed by atoms with Gasteiger partial charge in [-0.05, 0) is 55.7 Å². The molecule has 5 aromatic rings. The quantitative estimate of drug-likeness (QED) is 0.151. The number of nitrogens with zero attached hydrogens (tertiary/aromatic N) is 1. The van der Waals surface area contributed by atoms with Crippen molar-refractivity contribution < 1.29 is 33.8 Å². The van der Waals surface area contributed by atoms with Gasteiger partial charge in [-0.1, -0.05) is 72.8 Å². The minimum Gasteiger partial charge on any atom is -0.480 e. The van der Waals surface area contributed by atoms with Gasteiger partial charge < -0.3 is 24.2 Å². The number of aliphatic hydroxyl groups is 1. The second-order valence-corrected chi connectivity index (χ2v) is 10.7. The van der Waals surface area contributed by atoms with Gasteiger partial charge in [0.25, 0.3) is 0 Å². The van der Waals surface area contributed by atoms with Crippen molar-refractivity contribution in [2.24, 2.45) is 0 Å². The van der Waals surface area contributed by atoms with Crippen LogP contribution in [0.3, 0.4) is 0 Å². The van der Waals surface area contributed by atoms with Gasteiger partial charge in [0.2, 0.25) is 0 Å². The monoisotopic (exact) mass is 553 g/mol. The summed E-state index contributed by atoms with van der Waals surface area (Å²) in [5.41, 5.74) is 5.03. The zero-order valence-corrected chi connectivity index (χ0v) is 23.0. The Morgan fingerprint density at radius 3 is 2.07 bits per heavy atom. The van der Waals surface area contributed by atoms with Gasteiger partial charge in [0, 0.05) is 29.4 Å². The molecule has 0 saturated heterocycles. The molecule has 5 rings (SSSR count). The fourth-order valence-electron chi connectivity index (χ4n) is 4.73. The number of para-hydroxylation sites is 2. The Kier molecular flexibility index (Phi) is 7.68. The molecule has 210 valence electrons. The maximum absolute atomic E-state index is 12.4. The molecule has 0 aliphatic heterocycles. The molecule has 1 heterocycles. The molecule has 0 unspecified atom stereocenters. The molecule has 0 aliphatic rings. The minimum absolute atomic E-state index is 0.153. The number of aliphatic hydroxyl groups excluding tert-OH is 1. The van der Waals surface area contributed by atoms with E-state index < -0.39 is 30.4 Å². The van der Waals surface area contributed by atoms with E-state index in [0.29, 0.717) is 5.69 Å². The number of fused-ring (bicyclic) bond motifs is 3. The molecule has 1 aromatic heterocycles. The smallest absolute Gasteiger partial charge is 0.480 e. The van der Waals surface area contributed by atoms with Crippen LogP contribution in [-0.4, -0.2) is 40.6 Å². The van der Waals surface area contributed by atoms with E-state index in [2.05, 4.69) is 12.1 Å². The Hall–Kier alpha value is -4.82. The Balaban J connectivity index is 1.41. The lowest BCUT2D eigenvalue weighted by atomic mass is 9.98. The zero-order chi connectivity index (χ0) is 29.1.